The second kappa shape index (κ2) is 5.61. The Morgan fingerprint density at radius 2 is 2.00 bits per heavy atom. The summed E-state index contributed by atoms with van der Waals surface area (Å²) in [5.41, 5.74) is 6.45. The third-order valence-electron chi connectivity index (χ3n) is 4.55. The van der Waals surface area contributed by atoms with E-state index in [4.69, 9.17) is 10.3 Å². The number of nitrogens with two attached hydrogens (primary N) is 1. The molecule has 0 spiro atoms. The molecule has 0 saturated heterocycles. The van der Waals surface area contributed by atoms with Crippen LogP contribution >= 0.6 is 0 Å². The van der Waals surface area contributed by atoms with Crippen LogP contribution in [0.5, 0.6) is 0 Å². The maximum Gasteiger partial charge on any atom is 0.231 e. The van der Waals surface area contributed by atoms with Gasteiger partial charge in [0.25, 0.3) is 0 Å². The van der Waals surface area contributed by atoms with E-state index in [2.05, 4.69) is 30.9 Å². The third-order valence-corrected chi connectivity index (χ3v) is 4.55. The van der Waals surface area contributed by atoms with Crippen LogP contribution in [0.1, 0.15) is 83.3 Å². The molecule has 1 aromatic rings. The Bertz CT molecular complexity index is 401. The Morgan fingerprint density at radius 1 is 1.37 bits per heavy atom. The van der Waals surface area contributed by atoms with Gasteiger partial charge in [0.2, 0.25) is 5.89 Å². The summed E-state index contributed by atoms with van der Waals surface area (Å²) < 4.78 is 5.44. The van der Waals surface area contributed by atoms with Gasteiger partial charge in [-0.2, -0.15) is 4.98 Å². The number of aromatic nitrogens is 2. The zero-order valence-electron chi connectivity index (χ0n) is 12.6. The van der Waals surface area contributed by atoms with Gasteiger partial charge in [-0.25, -0.2) is 0 Å². The Balaban J connectivity index is 2.05. The van der Waals surface area contributed by atoms with Crippen LogP contribution < -0.4 is 5.73 Å². The molecule has 0 aromatic carbocycles. The molecule has 1 aliphatic rings. The first kappa shape index (κ1) is 14.5. The lowest BCUT2D eigenvalue weighted by molar-refractivity contribution is 0.218. The van der Waals surface area contributed by atoms with Crippen molar-refractivity contribution < 1.29 is 4.52 Å². The normalized spacial score (nSPS) is 23.2. The van der Waals surface area contributed by atoms with Crippen molar-refractivity contribution in [1.29, 1.82) is 0 Å². The molecule has 0 bridgehead atoms. The second-order valence-corrected chi connectivity index (χ2v) is 6.80. The van der Waals surface area contributed by atoms with E-state index < -0.39 is 0 Å². The lowest BCUT2D eigenvalue weighted by Crippen LogP contribution is -2.24. The number of hydrogen-bond acceptors (Lipinski definition) is 4. The summed E-state index contributed by atoms with van der Waals surface area (Å²) in [6, 6.07) is 0.0589. The SMILES string of the molecule is CCC(c1nc(C2CCC(C)(C)CC2)no1)C(C)N. The minimum atomic E-state index is 0.0589. The molecule has 2 rings (SSSR count). The summed E-state index contributed by atoms with van der Waals surface area (Å²) in [4.78, 5) is 4.62. The maximum atomic E-state index is 5.97. The van der Waals surface area contributed by atoms with Crippen LogP contribution in [0.2, 0.25) is 0 Å². The van der Waals surface area contributed by atoms with Crippen LogP contribution in [0, 0.1) is 5.41 Å². The van der Waals surface area contributed by atoms with Crippen molar-refractivity contribution in [3.63, 3.8) is 0 Å². The number of rotatable bonds is 4. The molecule has 2 unspecified atom stereocenters. The molecular formula is C15H27N3O. The van der Waals surface area contributed by atoms with Crippen LogP contribution in [0.15, 0.2) is 4.52 Å². The van der Waals surface area contributed by atoms with Crippen molar-refractivity contribution in [2.45, 2.75) is 77.7 Å². The predicted octanol–water partition coefficient (Wildman–Crippen LogP) is 3.59. The van der Waals surface area contributed by atoms with E-state index in [0.717, 1.165) is 18.1 Å². The van der Waals surface area contributed by atoms with Gasteiger partial charge < -0.3 is 10.3 Å². The molecular weight excluding hydrogens is 238 g/mol. The highest BCUT2D eigenvalue weighted by molar-refractivity contribution is 5.03. The van der Waals surface area contributed by atoms with E-state index in [1.165, 1.54) is 25.7 Å². The molecule has 2 N–H and O–H groups in total. The van der Waals surface area contributed by atoms with E-state index >= 15 is 0 Å². The van der Waals surface area contributed by atoms with Crippen LogP contribution in [0.3, 0.4) is 0 Å². The molecule has 19 heavy (non-hydrogen) atoms. The summed E-state index contributed by atoms with van der Waals surface area (Å²) >= 11 is 0. The van der Waals surface area contributed by atoms with Gasteiger partial charge >= 0.3 is 0 Å². The molecule has 1 aliphatic carbocycles. The molecule has 1 saturated carbocycles. The van der Waals surface area contributed by atoms with Crippen molar-refractivity contribution in [3.05, 3.63) is 11.7 Å². The smallest absolute Gasteiger partial charge is 0.231 e. The highest BCUT2D eigenvalue weighted by Crippen LogP contribution is 2.41. The van der Waals surface area contributed by atoms with Crippen molar-refractivity contribution in [2.24, 2.45) is 11.1 Å². The van der Waals surface area contributed by atoms with Crippen LogP contribution in [-0.2, 0) is 0 Å². The van der Waals surface area contributed by atoms with Gasteiger partial charge in [0, 0.05) is 12.0 Å². The minimum Gasteiger partial charge on any atom is -0.339 e. The standard InChI is InChI=1S/C15H27N3O/c1-5-12(10(2)16)14-17-13(18-19-14)11-6-8-15(3,4)9-7-11/h10-12H,5-9,16H2,1-4H3. The van der Waals surface area contributed by atoms with Crippen molar-refractivity contribution in [1.82, 2.24) is 10.1 Å². The topological polar surface area (TPSA) is 64.9 Å². The van der Waals surface area contributed by atoms with E-state index in [9.17, 15) is 0 Å². The van der Waals surface area contributed by atoms with Crippen LogP contribution in [-0.4, -0.2) is 16.2 Å². The van der Waals surface area contributed by atoms with Gasteiger partial charge in [-0.15, -0.1) is 0 Å². The maximum absolute atomic E-state index is 5.97. The van der Waals surface area contributed by atoms with E-state index in [0.29, 0.717) is 11.3 Å². The fourth-order valence-electron chi connectivity index (χ4n) is 2.99. The van der Waals surface area contributed by atoms with Gasteiger partial charge in [-0.05, 0) is 44.4 Å². The summed E-state index contributed by atoms with van der Waals surface area (Å²) in [5.74, 6) is 2.26. The first-order chi connectivity index (χ1) is 8.93. The average molecular weight is 265 g/mol. The molecule has 108 valence electrons. The average Bonchev–Trinajstić information content (AvgIpc) is 2.79. The Kier molecular flexibility index (Phi) is 4.29. The van der Waals surface area contributed by atoms with Gasteiger partial charge in [0.1, 0.15) is 0 Å². The molecule has 0 radical (unpaired) electrons. The monoisotopic (exact) mass is 265 g/mol. The van der Waals surface area contributed by atoms with E-state index in [-0.39, 0.29) is 12.0 Å². The van der Waals surface area contributed by atoms with E-state index in [1.807, 2.05) is 6.92 Å². The minimum absolute atomic E-state index is 0.0589. The Morgan fingerprint density at radius 3 is 2.53 bits per heavy atom. The quantitative estimate of drug-likeness (QED) is 0.903. The zero-order chi connectivity index (χ0) is 14.0. The largest absolute Gasteiger partial charge is 0.339 e. The summed E-state index contributed by atoms with van der Waals surface area (Å²) in [6.45, 7) is 8.80. The Hall–Kier alpha value is -0.900. The predicted molar refractivity (Wildman–Crippen MR) is 76.0 cm³/mol. The lowest BCUT2D eigenvalue weighted by atomic mass is 9.73. The summed E-state index contributed by atoms with van der Waals surface area (Å²) in [6.07, 6.45) is 5.76. The first-order valence-electron chi connectivity index (χ1n) is 7.52. The third kappa shape index (κ3) is 3.35. The van der Waals surface area contributed by atoms with Gasteiger partial charge in [0.05, 0.1) is 5.92 Å². The molecule has 4 nitrogen and oxygen atoms in total. The molecule has 2 atom stereocenters. The Labute approximate surface area is 116 Å². The fourth-order valence-corrected chi connectivity index (χ4v) is 2.99. The number of hydrogen-bond donors (Lipinski definition) is 1. The van der Waals surface area contributed by atoms with Crippen LogP contribution in [0.25, 0.3) is 0 Å². The first-order valence-corrected chi connectivity index (χ1v) is 7.52. The lowest BCUT2D eigenvalue weighted by Gasteiger charge is -2.32. The summed E-state index contributed by atoms with van der Waals surface area (Å²) in [7, 11) is 0. The molecule has 1 aromatic heterocycles. The van der Waals surface area contributed by atoms with Gasteiger partial charge in [-0.1, -0.05) is 25.9 Å². The van der Waals surface area contributed by atoms with Gasteiger partial charge in [0.15, 0.2) is 5.82 Å². The number of nitrogens with zero attached hydrogens (tertiary/aromatic N) is 2. The van der Waals surface area contributed by atoms with Crippen molar-refractivity contribution in [3.8, 4) is 0 Å². The fraction of sp³-hybridized carbons (Fsp3) is 0.867. The van der Waals surface area contributed by atoms with Crippen LogP contribution in [0.4, 0.5) is 0 Å². The van der Waals surface area contributed by atoms with Crippen molar-refractivity contribution in [2.75, 3.05) is 0 Å². The highest BCUT2D eigenvalue weighted by atomic mass is 16.5. The molecule has 1 heterocycles. The van der Waals surface area contributed by atoms with Crippen molar-refractivity contribution >= 4 is 0 Å². The molecule has 0 amide bonds. The zero-order valence-corrected chi connectivity index (χ0v) is 12.6. The summed E-state index contributed by atoms with van der Waals surface area (Å²) in [5, 5.41) is 4.20. The second-order valence-electron chi connectivity index (χ2n) is 6.80. The molecule has 1 fully saturated rings. The molecule has 4 heteroatoms. The molecule has 0 aliphatic heterocycles. The highest BCUT2D eigenvalue weighted by Gasteiger charge is 2.31. The van der Waals surface area contributed by atoms with E-state index in [1.54, 1.807) is 0 Å². The van der Waals surface area contributed by atoms with Gasteiger partial charge in [-0.3, -0.25) is 0 Å².